The van der Waals surface area contributed by atoms with E-state index in [1.54, 1.807) is 12.1 Å². The van der Waals surface area contributed by atoms with Crippen molar-refractivity contribution in [2.45, 2.75) is 51.4 Å². The fourth-order valence-electron chi connectivity index (χ4n) is 4.89. The molecule has 3 aromatic rings. The number of halogens is 4. The molecule has 0 aromatic heterocycles. The topological polar surface area (TPSA) is 0 Å². The maximum absolute atomic E-state index is 14.3. The van der Waals surface area contributed by atoms with Crippen molar-refractivity contribution in [1.29, 1.82) is 0 Å². The molecule has 0 radical (unpaired) electrons. The summed E-state index contributed by atoms with van der Waals surface area (Å²) in [5, 5.41) is 1.03. The van der Waals surface area contributed by atoms with Crippen LogP contribution in [0.15, 0.2) is 42.5 Å². The van der Waals surface area contributed by atoms with Crippen molar-refractivity contribution in [3.8, 4) is 0 Å². The number of benzene rings is 3. The monoisotopic (exact) mass is 416 g/mol. The molecule has 0 saturated heterocycles. The molecule has 4 heteroatoms. The van der Waals surface area contributed by atoms with E-state index in [4.69, 9.17) is 11.6 Å². The Balaban J connectivity index is 1.86. The van der Waals surface area contributed by atoms with Crippen molar-refractivity contribution in [3.05, 3.63) is 81.6 Å². The number of hydrogen-bond donors (Lipinski definition) is 0. The summed E-state index contributed by atoms with van der Waals surface area (Å²) in [6, 6.07) is 11.6. The molecule has 3 aromatic carbocycles. The number of fused-ring (bicyclic) bond motifs is 3. The minimum atomic E-state index is -0.729. The maximum Gasteiger partial charge on any atom is 0.145 e. The quantitative estimate of drug-likeness (QED) is 0.290. The molecule has 0 aliphatic heterocycles. The zero-order valence-electron chi connectivity index (χ0n) is 16.5. The maximum atomic E-state index is 14.3. The van der Waals surface area contributed by atoms with Gasteiger partial charge in [-0.3, -0.25) is 0 Å². The van der Waals surface area contributed by atoms with Crippen LogP contribution in [0, 0.1) is 23.4 Å². The first-order valence-electron chi connectivity index (χ1n) is 10.4. The lowest BCUT2D eigenvalue weighted by molar-refractivity contribution is 0.368. The van der Waals surface area contributed by atoms with Gasteiger partial charge in [-0.25, -0.2) is 13.2 Å². The van der Waals surface area contributed by atoms with Crippen LogP contribution in [-0.4, -0.2) is 0 Å². The molecular formula is C25H24ClF3. The van der Waals surface area contributed by atoms with Crippen LogP contribution in [-0.2, 0) is 6.42 Å². The summed E-state index contributed by atoms with van der Waals surface area (Å²) in [4.78, 5) is 0. The van der Waals surface area contributed by atoms with E-state index >= 15 is 0 Å². The highest BCUT2D eigenvalue weighted by Crippen LogP contribution is 2.46. The van der Waals surface area contributed by atoms with Gasteiger partial charge >= 0.3 is 0 Å². The van der Waals surface area contributed by atoms with Crippen molar-refractivity contribution in [1.82, 2.24) is 0 Å². The van der Waals surface area contributed by atoms with Crippen LogP contribution in [0.3, 0.4) is 0 Å². The highest BCUT2D eigenvalue weighted by atomic mass is 35.5. The smallest absolute Gasteiger partial charge is 0.145 e. The zero-order valence-corrected chi connectivity index (χ0v) is 17.2. The fourth-order valence-corrected chi connectivity index (χ4v) is 5.00. The summed E-state index contributed by atoms with van der Waals surface area (Å²) in [7, 11) is 0. The third-order valence-corrected chi connectivity index (χ3v) is 6.63. The van der Waals surface area contributed by atoms with E-state index in [2.05, 4.69) is 6.92 Å². The normalized spacial score (nSPS) is 18.8. The summed E-state index contributed by atoms with van der Waals surface area (Å²) in [5.41, 5.74) is 2.76. The molecule has 0 fully saturated rings. The molecule has 0 nitrogen and oxygen atoms in total. The Morgan fingerprint density at radius 1 is 0.931 bits per heavy atom. The molecule has 0 saturated carbocycles. The molecule has 0 bridgehead atoms. The van der Waals surface area contributed by atoms with Crippen molar-refractivity contribution in [2.75, 3.05) is 0 Å². The first-order chi connectivity index (χ1) is 14.0. The molecule has 0 heterocycles. The fraction of sp³-hybridized carbons (Fsp3) is 0.360. The van der Waals surface area contributed by atoms with Crippen LogP contribution < -0.4 is 0 Å². The van der Waals surface area contributed by atoms with Gasteiger partial charge in [0.05, 0.1) is 0 Å². The van der Waals surface area contributed by atoms with Gasteiger partial charge in [0.2, 0.25) is 0 Å². The minimum absolute atomic E-state index is 0.121. The predicted molar refractivity (Wildman–Crippen MR) is 113 cm³/mol. The number of aryl methyl sites for hydroxylation is 1. The molecule has 2 atom stereocenters. The van der Waals surface area contributed by atoms with Crippen molar-refractivity contribution >= 4 is 22.4 Å². The van der Waals surface area contributed by atoms with Crippen LogP contribution in [0.25, 0.3) is 10.8 Å². The minimum Gasteiger partial charge on any atom is -0.206 e. The summed E-state index contributed by atoms with van der Waals surface area (Å²) in [6.07, 6.45) is 6.13. The van der Waals surface area contributed by atoms with Gasteiger partial charge in [-0.15, -0.1) is 0 Å². The zero-order chi connectivity index (χ0) is 20.5. The third kappa shape index (κ3) is 3.77. The molecular weight excluding hydrogens is 393 g/mol. The number of unbranched alkanes of at least 4 members (excludes halogenated alkanes) is 2. The van der Waals surface area contributed by atoms with Gasteiger partial charge < -0.3 is 0 Å². The molecule has 0 amide bonds. The summed E-state index contributed by atoms with van der Waals surface area (Å²) in [5.74, 6) is -1.53. The van der Waals surface area contributed by atoms with Crippen LogP contribution in [0.4, 0.5) is 13.2 Å². The average molecular weight is 417 g/mol. The van der Waals surface area contributed by atoms with Gasteiger partial charge in [0.1, 0.15) is 22.5 Å². The number of hydrogen-bond acceptors (Lipinski definition) is 0. The van der Waals surface area contributed by atoms with E-state index in [1.807, 2.05) is 12.1 Å². The van der Waals surface area contributed by atoms with Gasteiger partial charge in [0.25, 0.3) is 0 Å². The Hall–Kier alpha value is -2.00. The van der Waals surface area contributed by atoms with E-state index in [9.17, 15) is 13.2 Å². The first kappa shape index (κ1) is 20.3. The molecule has 0 spiro atoms. The van der Waals surface area contributed by atoms with Crippen molar-refractivity contribution in [3.63, 3.8) is 0 Å². The first-order valence-corrected chi connectivity index (χ1v) is 10.7. The number of rotatable bonds is 5. The van der Waals surface area contributed by atoms with Gasteiger partial charge in [-0.2, -0.15) is 0 Å². The van der Waals surface area contributed by atoms with Crippen molar-refractivity contribution in [2.24, 2.45) is 5.92 Å². The largest absolute Gasteiger partial charge is 0.206 e. The lowest BCUT2D eigenvalue weighted by Crippen LogP contribution is -2.22. The van der Waals surface area contributed by atoms with Gasteiger partial charge in [0, 0.05) is 11.3 Å². The molecule has 1 aliphatic carbocycles. The van der Waals surface area contributed by atoms with Crippen LogP contribution in [0.2, 0.25) is 5.02 Å². The molecule has 152 valence electrons. The van der Waals surface area contributed by atoms with E-state index in [1.165, 1.54) is 18.2 Å². The predicted octanol–water partition coefficient (Wildman–Crippen LogP) is 8.19. The highest BCUT2D eigenvalue weighted by Gasteiger charge is 2.32. The Labute approximate surface area is 174 Å². The summed E-state index contributed by atoms with van der Waals surface area (Å²) in [6.45, 7) is 2.16. The third-order valence-electron chi connectivity index (χ3n) is 6.27. The van der Waals surface area contributed by atoms with Gasteiger partial charge in [-0.1, -0.05) is 62.1 Å². The standard InChI is InChI=1S/C25H24ClF3/c1-2-3-4-6-15-9-10-18-17-7-5-8-21(27)19(17)11-12-20(18)24(15)16-13-22(28)25(26)23(29)14-16/h5,7-8,11-15,24H,2-4,6,9-10H2,1H3/t15-,24-/m1/s1. The molecule has 0 N–H and O–H groups in total. The van der Waals surface area contributed by atoms with Crippen LogP contribution in [0.1, 0.15) is 61.6 Å². The Morgan fingerprint density at radius 3 is 2.41 bits per heavy atom. The SMILES string of the molecule is CCCCC[C@@H]1CCc2c(ccc3c(F)cccc23)[C@H]1c1cc(F)c(Cl)c(F)c1. The van der Waals surface area contributed by atoms with E-state index in [0.29, 0.717) is 16.9 Å². The molecule has 4 rings (SSSR count). The second kappa shape index (κ2) is 8.39. The molecule has 0 unspecified atom stereocenters. The second-order valence-corrected chi connectivity index (χ2v) is 8.42. The van der Waals surface area contributed by atoms with Crippen LogP contribution >= 0.6 is 11.6 Å². The van der Waals surface area contributed by atoms with E-state index < -0.39 is 16.7 Å². The Kier molecular flexibility index (Phi) is 5.87. The Morgan fingerprint density at radius 2 is 1.69 bits per heavy atom. The van der Waals surface area contributed by atoms with E-state index in [0.717, 1.165) is 55.0 Å². The van der Waals surface area contributed by atoms with E-state index in [-0.39, 0.29) is 11.7 Å². The van der Waals surface area contributed by atoms with Gasteiger partial charge in [0.15, 0.2) is 0 Å². The summed E-state index contributed by atoms with van der Waals surface area (Å²) < 4.78 is 42.9. The molecule has 1 aliphatic rings. The Bertz CT molecular complexity index is 1020. The second-order valence-electron chi connectivity index (χ2n) is 8.04. The molecule has 29 heavy (non-hydrogen) atoms. The highest BCUT2D eigenvalue weighted by molar-refractivity contribution is 6.30. The lowest BCUT2D eigenvalue weighted by atomic mass is 9.69. The summed E-state index contributed by atoms with van der Waals surface area (Å²) >= 11 is 5.73. The van der Waals surface area contributed by atoms with Crippen LogP contribution in [0.5, 0.6) is 0 Å². The van der Waals surface area contributed by atoms with Gasteiger partial charge in [-0.05, 0) is 65.5 Å². The average Bonchev–Trinajstić information content (AvgIpc) is 2.71. The lowest BCUT2D eigenvalue weighted by Gasteiger charge is -2.35. The van der Waals surface area contributed by atoms with Crippen molar-refractivity contribution < 1.29 is 13.2 Å².